The van der Waals surface area contributed by atoms with Gasteiger partial charge in [0, 0.05) is 0 Å². The number of aryl methyl sites for hydroxylation is 1. The molecule has 0 N–H and O–H groups in total. The summed E-state index contributed by atoms with van der Waals surface area (Å²) in [5.74, 6) is 0. The summed E-state index contributed by atoms with van der Waals surface area (Å²) in [4.78, 5) is 0. The van der Waals surface area contributed by atoms with Crippen LogP contribution in [-0.4, -0.2) is 0 Å². The van der Waals surface area contributed by atoms with Crippen molar-refractivity contribution < 1.29 is 0 Å². The summed E-state index contributed by atoms with van der Waals surface area (Å²) in [7, 11) is 0. The van der Waals surface area contributed by atoms with Gasteiger partial charge >= 0.3 is 0 Å². The van der Waals surface area contributed by atoms with E-state index in [0.717, 1.165) is 6.42 Å². The average Bonchev–Trinajstić information content (AvgIpc) is 2.42. The monoisotopic (exact) mass is 232 g/mol. The van der Waals surface area contributed by atoms with Crippen molar-refractivity contribution in [1.82, 2.24) is 0 Å². The lowest BCUT2D eigenvalue weighted by Gasteiger charge is -2.08. The molecule has 0 heterocycles. The molecule has 3 aromatic rings. The maximum Gasteiger partial charge on any atom is -0.00170 e. The van der Waals surface area contributed by atoms with Gasteiger partial charge in [-0.1, -0.05) is 66.7 Å². The molecule has 0 aromatic heterocycles. The van der Waals surface area contributed by atoms with Gasteiger partial charge in [-0.25, -0.2) is 0 Å². The fourth-order valence-electron chi connectivity index (χ4n) is 2.46. The zero-order valence-electron chi connectivity index (χ0n) is 10.6. The molecule has 0 atom stereocenters. The van der Waals surface area contributed by atoms with Gasteiger partial charge in [0.15, 0.2) is 0 Å². The lowest BCUT2D eigenvalue weighted by atomic mass is 9.96. The van der Waals surface area contributed by atoms with Crippen LogP contribution in [0.25, 0.3) is 10.8 Å². The molecule has 3 rings (SSSR count). The zero-order chi connectivity index (χ0) is 12.4. The maximum absolute atomic E-state index is 2.23. The van der Waals surface area contributed by atoms with Crippen LogP contribution in [0.4, 0.5) is 0 Å². The van der Waals surface area contributed by atoms with E-state index < -0.39 is 0 Å². The second-order valence-electron chi connectivity index (χ2n) is 4.74. The Morgan fingerprint density at radius 1 is 0.667 bits per heavy atom. The van der Waals surface area contributed by atoms with Crippen molar-refractivity contribution in [2.45, 2.75) is 13.3 Å². The number of hydrogen-bond donors (Lipinski definition) is 0. The highest BCUT2D eigenvalue weighted by Crippen LogP contribution is 2.22. The second kappa shape index (κ2) is 4.66. The topological polar surface area (TPSA) is 0 Å². The molecule has 0 spiro atoms. The van der Waals surface area contributed by atoms with Crippen LogP contribution in [0.3, 0.4) is 0 Å². The van der Waals surface area contributed by atoms with Gasteiger partial charge in [0.2, 0.25) is 0 Å². The Bertz CT molecular complexity index is 675. The highest BCUT2D eigenvalue weighted by molar-refractivity contribution is 5.85. The van der Waals surface area contributed by atoms with E-state index in [1.54, 1.807) is 0 Å². The van der Waals surface area contributed by atoms with Crippen molar-refractivity contribution in [3.05, 3.63) is 83.4 Å². The van der Waals surface area contributed by atoms with Crippen molar-refractivity contribution in [1.29, 1.82) is 0 Å². The highest BCUT2D eigenvalue weighted by Gasteiger charge is 2.03. The van der Waals surface area contributed by atoms with E-state index in [1.165, 1.54) is 27.5 Å². The third-order valence-electron chi connectivity index (χ3n) is 3.52. The lowest BCUT2D eigenvalue weighted by Crippen LogP contribution is -1.92. The normalized spacial score (nSPS) is 10.7. The van der Waals surface area contributed by atoms with Crippen LogP contribution >= 0.6 is 0 Å². The van der Waals surface area contributed by atoms with Crippen LogP contribution in [0.2, 0.25) is 0 Å². The summed E-state index contributed by atoms with van der Waals surface area (Å²) in [5, 5.41) is 2.69. The molecule has 0 heteroatoms. The predicted molar refractivity (Wildman–Crippen MR) is 77.9 cm³/mol. The molecule has 0 radical (unpaired) electrons. The van der Waals surface area contributed by atoms with Crippen molar-refractivity contribution in [2.75, 3.05) is 0 Å². The summed E-state index contributed by atoms with van der Waals surface area (Å²) in [5.41, 5.74) is 4.18. The van der Waals surface area contributed by atoms with Crippen molar-refractivity contribution in [3.8, 4) is 0 Å². The van der Waals surface area contributed by atoms with Crippen LogP contribution in [0, 0.1) is 6.92 Å². The molecule has 0 aliphatic heterocycles. The molecule has 0 nitrogen and oxygen atoms in total. The Labute approximate surface area is 108 Å². The van der Waals surface area contributed by atoms with Crippen molar-refractivity contribution in [3.63, 3.8) is 0 Å². The molecule has 3 aromatic carbocycles. The van der Waals surface area contributed by atoms with Crippen LogP contribution in [0.5, 0.6) is 0 Å². The highest BCUT2D eigenvalue weighted by atomic mass is 14.1. The van der Waals surface area contributed by atoms with Gasteiger partial charge in [-0.2, -0.15) is 0 Å². The second-order valence-corrected chi connectivity index (χ2v) is 4.74. The van der Waals surface area contributed by atoms with Crippen LogP contribution < -0.4 is 0 Å². The average molecular weight is 232 g/mol. The Hall–Kier alpha value is -2.08. The minimum absolute atomic E-state index is 1.01. The first-order valence-electron chi connectivity index (χ1n) is 6.36. The number of benzene rings is 3. The summed E-state index contributed by atoms with van der Waals surface area (Å²) in [6, 6.07) is 23.8. The third kappa shape index (κ3) is 2.02. The number of fused-ring (bicyclic) bond motifs is 1. The van der Waals surface area contributed by atoms with Crippen LogP contribution in [-0.2, 0) is 6.42 Å². The molecular weight excluding hydrogens is 216 g/mol. The van der Waals surface area contributed by atoms with E-state index in [4.69, 9.17) is 0 Å². The summed E-state index contributed by atoms with van der Waals surface area (Å²) < 4.78 is 0. The minimum Gasteiger partial charge on any atom is -0.0620 e. The summed E-state index contributed by atoms with van der Waals surface area (Å²) >= 11 is 0. The largest absolute Gasteiger partial charge is 0.0620 e. The quantitative estimate of drug-likeness (QED) is 0.598. The zero-order valence-corrected chi connectivity index (χ0v) is 10.6. The molecule has 0 aliphatic carbocycles. The van der Waals surface area contributed by atoms with Crippen molar-refractivity contribution in [2.24, 2.45) is 0 Å². The van der Waals surface area contributed by atoms with Gasteiger partial charge in [0.1, 0.15) is 0 Å². The fraction of sp³-hybridized carbons (Fsp3) is 0.111. The predicted octanol–water partition coefficient (Wildman–Crippen LogP) is 4.74. The van der Waals surface area contributed by atoms with E-state index in [9.17, 15) is 0 Å². The Kier molecular flexibility index (Phi) is 2.85. The van der Waals surface area contributed by atoms with Gasteiger partial charge in [-0.3, -0.25) is 0 Å². The molecule has 18 heavy (non-hydrogen) atoms. The SMILES string of the molecule is Cc1ccccc1Cc1cccc2ccccc12. The van der Waals surface area contributed by atoms with Gasteiger partial charge in [0.05, 0.1) is 0 Å². The van der Waals surface area contributed by atoms with E-state index in [2.05, 4.69) is 73.7 Å². The number of rotatable bonds is 2. The number of hydrogen-bond acceptors (Lipinski definition) is 0. The molecule has 0 aliphatic rings. The van der Waals surface area contributed by atoms with E-state index in [1.807, 2.05) is 0 Å². The van der Waals surface area contributed by atoms with Gasteiger partial charge in [0.25, 0.3) is 0 Å². The molecule has 0 saturated carbocycles. The Morgan fingerprint density at radius 3 is 2.22 bits per heavy atom. The molecular formula is C18H16. The lowest BCUT2D eigenvalue weighted by molar-refractivity contribution is 1.17. The van der Waals surface area contributed by atoms with E-state index in [0.29, 0.717) is 0 Å². The maximum atomic E-state index is 2.23. The standard InChI is InChI=1S/C18H16/c1-14-7-2-3-9-16(14)13-17-11-6-10-15-8-4-5-12-18(15)17/h2-12H,13H2,1H3. The molecule has 0 unspecified atom stereocenters. The Balaban J connectivity index is 2.08. The van der Waals surface area contributed by atoms with E-state index >= 15 is 0 Å². The first-order chi connectivity index (χ1) is 8.84. The third-order valence-corrected chi connectivity index (χ3v) is 3.52. The van der Waals surface area contributed by atoms with Crippen LogP contribution in [0.1, 0.15) is 16.7 Å². The first kappa shape index (κ1) is 11.0. The molecule has 0 bridgehead atoms. The molecule has 88 valence electrons. The van der Waals surface area contributed by atoms with Crippen LogP contribution in [0.15, 0.2) is 66.7 Å². The molecule has 0 amide bonds. The van der Waals surface area contributed by atoms with Gasteiger partial charge in [-0.15, -0.1) is 0 Å². The minimum atomic E-state index is 1.01. The summed E-state index contributed by atoms with van der Waals surface area (Å²) in [6.45, 7) is 2.18. The van der Waals surface area contributed by atoms with Gasteiger partial charge < -0.3 is 0 Å². The molecule has 0 fully saturated rings. The molecule has 0 saturated heterocycles. The van der Waals surface area contributed by atoms with E-state index in [-0.39, 0.29) is 0 Å². The van der Waals surface area contributed by atoms with Gasteiger partial charge in [-0.05, 0) is 40.8 Å². The smallest absolute Gasteiger partial charge is 0.00170 e. The first-order valence-corrected chi connectivity index (χ1v) is 6.36. The summed E-state index contributed by atoms with van der Waals surface area (Å²) in [6.07, 6.45) is 1.01. The van der Waals surface area contributed by atoms with Crippen molar-refractivity contribution >= 4 is 10.8 Å². The fourth-order valence-corrected chi connectivity index (χ4v) is 2.46. The Morgan fingerprint density at radius 2 is 1.33 bits per heavy atom.